The van der Waals surface area contributed by atoms with E-state index in [1.807, 2.05) is 6.08 Å². The molecule has 0 atom stereocenters. The Balaban J connectivity index is 1.58. The van der Waals surface area contributed by atoms with Crippen molar-refractivity contribution in [3.8, 4) is 0 Å². The summed E-state index contributed by atoms with van der Waals surface area (Å²) in [5.41, 5.74) is 1.67. The molecule has 132 valence electrons. The van der Waals surface area contributed by atoms with Crippen LogP contribution < -0.4 is 4.90 Å². The molecule has 1 saturated heterocycles. The number of benzene rings is 1. The molecule has 2 heterocycles. The number of carbonyl (C=O) groups is 2. The van der Waals surface area contributed by atoms with E-state index in [0.29, 0.717) is 18.0 Å². The van der Waals surface area contributed by atoms with E-state index in [0.717, 1.165) is 38.0 Å². The highest BCUT2D eigenvalue weighted by atomic mass is 19.1. The van der Waals surface area contributed by atoms with Gasteiger partial charge in [-0.3, -0.25) is 14.5 Å². The maximum atomic E-state index is 13.0. The predicted molar refractivity (Wildman–Crippen MR) is 95.6 cm³/mol. The van der Waals surface area contributed by atoms with Crippen molar-refractivity contribution in [1.82, 2.24) is 4.90 Å². The second-order valence-corrected chi connectivity index (χ2v) is 6.64. The molecule has 0 saturated carbocycles. The normalized spacial score (nSPS) is 19.4. The van der Waals surface area contributed by atoms with E-state index in [9.17, 15) is 14.0 Å². The molecule has 0 bridgehead atoms. The van der Waals surface area contributed by atoms with Crippen molar-refractivity contribution in [2.75, 3.05) is 24.5 Å². The predicted octanol–water partition coefficient (Wildman–Crippen LogP) is 3.30. The van der Waals surface area contributed by atoms with Gasteiger partial charge in [0.1, 0.15) is 5.82 Å². The van der Waals surface area contributed by atoms with Crippen LogP contribution in [-0.4, -0.2) is 36.3 Å². The minimum atomic E-state index is -0.227. The summed E-state index contributed by atoms with van der Waals surface area (Å²) in [6.07, 6.45) is 7.88. The molecule has 0 unspecified atom stereocenters. The Hall–Kier alpha value is -2.43. The van der Waals surface area contributed by atoms with Gasteiger partial charge in [0.25, 0.3) is 11.8 Å². The van der Waals surface area contributed by atoms with Gasteiger partial charge in [0, 0.05) is 30.9 Å². The van der Waals surface area contributed by atoms with Crippen LogP contribution in [0.15, 0.2) is 48.1 Å². The van der Waals surface area contributed by atoms with E-state index in [4.69, 9.17) is 0 Å². The van der Waals surface area contributed by atoms with Crippen LogP contribution in [0.25, 0.3) is 0 Å². The van der Waals surface area contributed by atoms with Crippen LogP contribution in [0.5, 0.6) is 0 Å². The summed E-state index contributed by atoms with van der Waals surface area (Å²) in [5.74, 6) is -0.306. The highest BCUT2D eigenvalue weighted by Gasteiger charge is 2.24. The molecule has 0 aliphatic carbocycles. The smallest absolute Gasteiger partial charge is 0.256 e. The maximum absolute atomic E-state index is 13.0. The Morgan fingerprint density at radius 2 is 1.84 bits per heavy atom. The van der Waals surface area contributed by atoms with Gasteiger partial charge >= 0.3 is 0 Å². The molecule has 2 aliphatic rings. The average Bonchev–Trinajstić information content (AvgIpc) is 2.63. The minimum Gasteiger partial charge on any atom is -0.371 e. The molecule has 1 aromatic carbocycles. The van der Waals surface area contributed by atoms with Crippen molar-refractivity contribution >= 4 is 17.5 Å². The first kappa shape index (κ1) is 17.4. The van der Waals surface area contributed by atoms with Crippen LogP contribution in [0.2, 0.25) is 0 Å². The molecule has 0 N–H and O–H groups in total. The molecule has 5 heteroatoms. The minimum absolute atomic E-state index is 0.185. The molecule has 1 fully saturated rings. The first-order chi connectivity index (χ1) is 12.0. The molecule has 0 aromatic heterocycles. The highest BCUT2D eigenvalue weighted by Crippen LogP contribution is 2.25. The monoisotopic (exact) mass is 342 g/mol. The zero-order valence-corrected chi connectivity index (χ0v) is 14.5. The van der Waals surface area contributed by atoms with Crippen molar-refractivity contribution in [1.29, 1.82) is 0 Å². The first-order valence-corrected chi connectivity index (χ1v) is 8.76. The summed E-state index contributed by atoms with van der Waals surface area (Å²) in [6, 6.07) is 6.56. The Labute approximate surface area is 147 Å². The van der Waals surface area contributed by atoms with Gasteiger partial charge < -0.3 is 4.90 Å². The molecular weight excluding hydrogens is 319 g/mol. The number of allylic oxidation sites excluding steroid dienone is 1. The zero-order chi connectivity index (χ0) is 17.8. The van der Waals surface area contributed by atoms with E-state index in [-0.39, 0.29) is 17.6 Å². The number of anilines is 1. The van der Waals surface area contributed by atoms with E-state index in [1.165, 1.54) is 23.1 Å². The van der Waals surface area contributed by atoms with E-state index in [1.54, 1.807) is 25.1 Å². The molecule has 3 rings (SSSR count). The third kappa shape index (κ3) is 4.16. The number of nitrogens with zero attached hydrogens (tertiary/aromatic N) is 2. The molecule has 2 aliphatic heterocycles. The van der Waals surface area contributed by atoms with Crippen molar-refractivity contribution < 1.29 is 14.0 Å². The van der Waals surface area contributed by atoms with Gasteiger partial charge in [-0.05, 0) is 62.4 Å². The summed E-state index contributed by atoms with van der Waals surface area (Å²) in [7, 11) is 0. The number of imide groups is 1. The van der Waals surface area contributed by atoms with Crippen LogP contribution in [0.4, 0.5) is 10.1 Å². The van der Waals surface area contributed by atoms with Crippen LogP contribution in [0, 0.1) is 11.7 Å². The third-order valence-electron chi connectivity index (χ3n) is 4.85. The fraction of sp³-hybridized carbons (Fsp3) is 0.400. The Bertz CT molecular complexity index is 701. The molecular formula is C20H23FN2O2. The SMILES string of the molecule is C/C(=C/C1CCN(c2ccc(F)cc2)CC1)C(=O)N1CCC=CC1=O. The molecule has 0 radical (unpaired) electrons. The fourth-order valence-corrected chi connectivity index (χ4v) is 3.40. The van der Waals surface area contributed by atoms with E-state index in [2.05, 4.69) is 4.90 Å². The number of rotatable bonds is 3. The van der Waals surface area contributed by atoms with Gasteiger partial charge in [-0.25, -0.2) is 4.39 Å². The highest BCUT2D eigenvalue weighted by molar-refractivity contribution is 6.07. The Kier molecular flexibility index (Phi) is 5.31. The van der Waals surface area contributed by atoms with Crippen molar-refractivity contribution in [2.24, 2.45) is 5.92 Å². The van der Waals surface area contributed by atoms with Gasteiger partial charge in [-0.2, -0.15) is 0 Å². The van der Waals surface area contributed by atoms with Gasteiger partial charge in [0.2, 0.25) is 0 Å². The number of halogens is 1. The molecule has 25 heavy (non-hydrogen) atoms. The number of hydrogen-bond donors (Lipinski definition) is 0. The van der Waals surface area contributed by atoms with Crippen LogP contribution in [0.1, 0.15) is 26.2 Å². The quantitative estimate of drug-likeness (QED) is 0.792. The number of hydrogen-bond acceptors (Lipinski definition) is 3. The van der Waals surface area contributed by atoms with Crippen LogP contribution in [-0.2, 0) is 9.59 Å². The number of piperidine rings is 1. The summed E-state index contributed by atoms with van der Waals surface area (Å²) >= 11 is 0. The van der Waals surface area contributed by atoms with Crippen molar-refractivity contribution in [2.45, 2.75) is 26.2 Å². The lowest BCUT2D eigenvalue weighted by Crippen LogP contribution is -2.39. The first-order valence-electron chi connectivity index (χ1n) is 8.76. The Morgan fingerprint density at radius 3 is 2.48 bits per heavy atom. The number of amides is 2. The standard InChI is InChI=1S/C20H23FN2O2/c1-15(20(25)23-11-3-2-4-19(23)24)14-16-9-12-22(13-10-16)18-7-5-17(21)6-8-18/h2,4-8,14,16H,3,9-13H2,1H3/b15-14-. The second kappa shape index (κ2) is 7.64. The van der Waals surface area contributed by atoms with Crippen LogP contribution >= 0.6 is 0 Å². The lowest BCUT2D eigenvalue weighted by Gasteiger charge is -2.33. The van der Waals surface area contributed by atoms with Gasteiger partial charge in [0.15, 0.2) is 0 Å². The largest absolute Gasteiger partial charge is 0.371 e. The van der Waals surface area contributed by atoms with Gasteiger partial charge in [-0.1, -0.05) is 12.2 Å². The third-order valence-corrected chi connectivity index (χ3v) is 4.85. The van der Waals surface area contributed by atoms with E-state index >= 15 is 0 Å². The van der Waals surface area contributed by atoms with E-state index < -0.39 is 0 Å². The summed E-state index contributed by atoms with van der Waals surface area (Å²) in [6.45, 7) is 4.00. The van der Waals surface area contributed by atoms with Gasteiger partial charge in [-0.15, -0.1) is 0 Å². The molecule has 1 aromatic rings. The molecule has 4 nitrogen and oxygen atoms in total. The maximum Gasteiger partial charge on any atom is 0.256 e. The van der Waals surface area contributed by atoms with Crippen molar-refractivity contribution in [3.63, 3.8) is 0 Å². The lowest BCUT2D eigenvalue weighted by atomic mass is 9.94. The Morgan fingerprint density at radius 1 is 1.16 bits per heavy atom. The summed E-state index contributed by atoms with van der Waals surface area (Å²) in [4.78, 5) is 27.8. The van der Waals surface area contributed by atoms with Gasteiger partial charge in [0.05, 0.1) is 0 Å². The average molecular weight is 342 g/mol. The van der Waals surface area contributed by atoms with Crippen molar-refractivity contribution in [3.05, 3.63) is 53.9 Å². The topological polar surface area (TPSA) is 40.6 Å². The lowest BCUT2D eigenvalue weighted by molar-refractivity contribution is -0.139. The molecule has 0 spiro atoms. The number of carbonyl (C=O) groups excluding carboxylic acids is 2. The molecule has 2 amide bonds. The second-order valence-electron chi connectivity index (χ2n) is 6.64. The summed E-state index contributed by atoms with van der Waals surface area (Å²) < 4.78 is 13.0. The van der Waals surface area contributed by atoms with Crippen LogP contribution in [0.3, 0.4) is 0 Å². The fourth-order valence-electron chi connectivity index (χ4n) is 3.40. The summed E-state index contributed by atoms with van der Waals surface area (Å²) in [5, 5.41) is 0. The zero-order valence-electron chi connectivity index (χ0n) is 14.5.